The van der Waals surface area contributed by atoms with E-state index in [9.17, 15) is 8.78 Å². The number of hydrogen-bond acceptors (Lipinski definition) is 3. The summed E-state index contributed by atoms with van der Waals surface area (Å²) in [6.07, 6.45) is 1.26. The molecule has 2 aromatic heterocycles. The van der Waals surface area contributed by atoms with Crippen LogP contribution < -0.4 is 5.32 Å². The predicted octanol–water partition coefficient (Wildman–Crippen LogP) is 2.70. The summed E-state index contributed by atoms with van der Waals surface area (Å²) in [5, 5.41) is 4.68. The van der Waals surface area contributed by atoms with Gasteiger partial charge in [0.25, 0.3) is 6.43 Å². The molecule has 0 radical (unpaired) electrons. The average Bonchev–Trinajstić information content (AvgIpc) is 2.87. The maximum absolute atomic E-state index is 12.2. The molecule has 6 heteroatoms. The number of alkyl halides is 2. The molecular formula is C10H11F2N3S. The predicted molar refractivity (Wildman–Crippen MR) is 58.4 cm³/mol. The van der Waals surface area contributed by atoms with E-state index in [1.165, 1.54) is 0 Å². The molecule has 86 valence electrons. The van der Waals surface area contributed by atoms with E-state index in [4.69, 9.17) is 0 Å². The standard InChI is InChI=1S/C10H11F2N3S/c11-9(12)10-15-8(6-16-10)5-14-4-7-1-2-13-3-7/h1-3,6,9,13-14H,4-5H2. The number of nitrogens with one attached hydrogen (secondary N) is 2. The Hall–Kier alpha value is -1.27. The third kappa shape index (κ3) is 2.86. The number of thiazole rings is 1. The Labute approximate surface area is 95.5 Å². The highest BCUT2D eigenvalue weighted by molar-refractivity contribution is 7.09. The van der Waals surface area contributed by atoms with E-state index < -0.39 is 6.43 Å². The molecule has 2 rings (SSSR count). The fourth-order valence-electron chi connectivity index (χ4n) is 1.31. The monoisotopic (exact) mass is 243 g/mol. The van der Waals surface area contributed by atoms with Gasteiger partial charge >= 0.3 is 0 Å². The Morgan fingerprint density at radius 2 is 2.31 bits per heavy atom. The van der Waals surface area contributed by atoms with Crippen molar-refractivity contribution in [1.82, 2.24) is 15.3 Å². The number of aromatic amines is 1. The molecule has 2 aromatic rings. The van der Waals surface area contributed by atoms with Gasteiger partial charge in [0, 0.05) is 30.9 Å². The van der Waals surface area contributed by atoms with E-state index in [0.717, 1.165) is 16.9 Å². The van der Waals surface area contributed by atoms with Gasteiger partial charge in [-0.2, -0.15) is 0 Å². The van der Waals surface area contributed by atoms with Crippen LogP contribution in [0.2, 0.25) is 0 Å². The molecule has 0 aliphatic heterocycles. The molecule has 0 amide bonds. The van der Waals surface area contributed by atoms with Gasteiger partial charge in [-0.05, 0) is 11.6 Å². The fourth-order valence-corrected chi connectivity index (χ4v) is 1.97. The first-order valence-corrected chi connectivity index (χ1v) is 5.68. The van der Waals surface area contributed by atoms with Crippen molar-refractivity contribution in [3.8, 4) is 0 Å². The Balaban J connectivity index is 1.81. The van der Waals surface area contributed by atoms with Crippen LogP contribution in [-0.2, 0) is 13.1 Å². The van der Waals surface area contributed by atoms with Crippen LogP contribution in [0.25, 0.3) is 0 Å². The number of aromatic nitrogens is 2. The zero-order valence-corrected chi connectivity index (χ0v) is 9.23. The summed E-state index contributed by atoms with van der Waals surface area (Å²) in [6.45, 7) is 1.21. The maximum atomic E-state index is 12.2. The van der Waals surface area contributed by atoms with Gasteiger partial charge in [-0.1, -0.05) is 0 Å². The van der Waals surface area contributed by atoms with Crippen molar-refractivity contribution >= 4 is 11.3 Å². The zero-order valence-electron chi connectivity index (χ0n) is 8.41. The van der Waals surface area contributed by atoms with Crippen molar-refractivity contribution in [2.75, 3.05) is 0 Å². The van der Waals surface area contributed by atoms with Crippen molar-refractivity contribution in [3.63, 3.8) is 0 Å². The minimum atomic E-state index is -2.47. The molecular weight excluding hydrogens is 232 g/mol. The summed E-state index contributed by atoms with van der Waals surface area (Å²) >= 11 is 0.998. The second-order valence-electron chi connectivity index (χ2n) is 3.30. The number of hydrogen-bond donors (Lipinski definition) is 2. The number of rotatable bonds is 5. The lowest BCUT2D eigenvalue weighted by Gasteiger charge is -1.99. The van der Waals surface area contributed by atoms with Crippen LogP contribution in [0.4, 0.5) is 8.78 Å². The lowest BCUT2D eigenvalue weighted by atomic mass is 10.3. The summed E-state index contributed by atoms with van der Waals surface area (Å²) in [4.78, 5) is 6.77. The molecule has 0 aromatic carbocycles. The Bertz CT molecular complexity index is 425. The molecule has 16 heavy (non-hydrogen) atoms. The molecule has 0 aliphatic carbocycles. The van der Waals surface area contributed by atoms with Gasteiger partial charge in [0.2, 0.25) is 0 Å². The van der Waals surface area contributed by atoms with Crippen LogP contribution in [0.5, 0.6) is 0 Å². The van der Waals surface area contributed by atoms with Gasteiger partial charge in [0.1, 0.15) is 0 Å². The lowest BCUT2D eigenvalue weighted by molar-refractivity contribution is 0.150. The highest BCUT2D eigenvalue weighted by atomic mass is 32.1. The van der Waals surface area contributed by atoms with E-state index in [-0.39, 0.29) is 5.01 Å². The van der Waals surface area contributed by atoms with Gasteiger partial charge in [-0.25, -0.2) is 13.8 Å². The molecule has 0 saturated carbocycles. The normalized spacial score (nSPS) is 11.2. The average molecular weight is 243 g/mol. The molecule has 2 N–H and O–H groups in total. The molecule has 0 spiro atoms. The van der Waals surface area contributed by atoms with Gasteiger partial charge in [-0.15, -0.1) is 11.3 Å². The smallest absolute Gasteiger partial charge is 0.289 e. The maximum Gasteiger partial charge on any atom is 0.289 e. The molecule has 0 unspecified atom stereocenters. The third-order valence-corrected chi connectivity index (χ3v) is 2.95. The van der Waals surface area contributed by atoms with Crippen molar-refractivity contribution in [2.45, 2.75) is 19.5 Å². The summed E-state index contributed by atoms with van der Waals surface area (Å²) in [5.41, 5.74) is 1.79. The van der Waals surface area contributed by atoms with Crippen molar-refractivity contribution in [3.05, 3.63) is 40.1 Å². The summed E-state index contributed by atoms with van der Waals surface area (Å²) in [5.74, 6) is 0. The van der Waals surface area contributed by atoms with E-state index >= 15 is 0 Å². The van der Waals surface area contributed by atoms with E-state index in [0.29, 0.717) is 18.8 Å². The van der Waals surface area contributed by atoms with Crippen LogP contribution >= 0.6 is 11.3 Å². The van der Waals surface area contributed by atoms with Crippen LogP contribution in [0.3, 0.4) is 0 Å². The van der Waals surface area contributed by atoms with E-state index in [1.807, 2.05) is 18.5 Å². The second-order valence-corrected chi connectivity index (χ2v) is 4.19. The molecule has 3 nitrogen and oxygen atoms in total. The van der Waals surface area contributed by atoms with Crippen LogP contribution in [0, 0.1) is 0 Å². The Kier molecular flexibility index (Phi) is 3.63. The van der Waals surface area contributed by atoms with Crippen LogP contribution in [-0.4, -0.2) is 9.97 Å². The molecule has 0 atom stereocenters. The Morgan fingerprint density at radius 3 is 2.94 bits per heavy atom. The highest BCUT2D eigenvalue weighted by Crippen LogP contribution is 2.22. The van der Waals surface area contributed by atoms with Gasteiger partial charge in [-0.3, -0.25) is 0 Å². The lowest BCUT2D eigenvalue weighted by Crippen LogP contribution is -2.12. The molecule has 0 fully saturated rings. The first-order valence-electron chi connectivity index (χ1n) is 4.80. The first-order chi connectivity index (χ1) is 7.75. The van der Waals surface area contributed by atoms with Crippen molar-refractivity contribution < 1.29 is 8.78 Å². The first kappa shape index (κ1) is 11.2. The van der Waals surface area contributed by atoms with Gasteiger partial charge < -0.3 is 10.3 Å². The van der Waals surface area contributed by atoms with Crippen LogP contribution in [0.15, 0.2) is 23.8 Å². The molecule has 0 saturated heterocycles. The van der Waals surface area contributed by atoms with E-state index in [2.05, 4.69) is 15.3 Å². The van der Waals surface area contributed by atoms with Crippen molar-refractivity contribution in [1.29, 1.82) is 0 Å². The largest absolute Gasteiger partial charge is 0.367 e. The molecule has 2 heterocycles. The summed E-state index contributed by atoms with van der Waals surface area (Å²) in [7, 11) is 0. The summed E-state index contributed by atoms with van der Waals surface area (Å²) in [6, 6.07) is 1.96. The third-order valence-electron chi connectivity index (χ3n) is 2.05. The molecule has 0 bridgehead atoms. The SMILES string of the molecule is FC(F)c1nc(CNCc2cc[nH]c2)cs1. The highest BCUT2D eigenvalue weighted by Gasteiger charge is 2.11. The quantitative estimate of drug-likeness (QED) is 0.847. The molecule has 0 aliphatic rings. The van der Waals surface area contributed by atoms with Crippen LogP contribution in [0.1, 0.15) is 22.7 Å². The number of nitrogens with zero attached hydrogens (tertiary/aromatic N) is 1. The fraction of sp³-hybridized carbons (Fsp3) is 0.300. The van der Waals surface area contributed by atoms with Gasteiger partial charge in [0.15, 0.2) is 5.01 Å². The van der Waals surface area contributed by atoms with Crippen molar-refractivity contribution in [2.24, 2.45) is 0 Å². The summed E-state index contributed by atoms with van der Waals surface area (Å²) < 4.78 is 24.5. The number of H-pyrrole nitrogens is 1. The zero-order chi connectivity index (χ0) is 11.4. The Morgan fingerprint density at radius 1 is 1.44 bits per heavy atom. The van der Waals surface area contributed by atoms with Gasteiger partial charge in [0.05, 0.1) is 5.69 Å². The minimum Gasteiger partial charge on any atom is -0.367 e. The topological polar surface area (TPSA) is 40.7 Å². The van der Waals surface area contributed by atoms with E-state index in [1.54, 1.807) is 5.38 Å². The number of halogens is 2. The second kappa shape index (κ2) is 5.18. The minimum absolute atomic E-state index is 0.113.